The molecule has 0 amide bonds. The smallest absolute Gasteiger partial charge is 0.134 e. The highest BCUT2D eigenvalue weighted by Crippen LogP contribution is 2.18. The summed E-state index contributed by atoms with van der Waals surface area (Å²) in [6.45, 7) is 2.65. The Bertz CT molecular complexity index is 328. The molecule has 0 saturated heterocycles. The SMILES string of the molecule is CC(=O)Cc1cnn2c1CCCC2. The van der Waals surface area contributed by atoms with E-state index in [0.29, 0.717) is 6.42 Å². The zero-order valence-electron chi connectivity index (χ0n) is 7.92. The fourth-order valence-electron chi connectivity index (χ4n) is 1.90. The molecule has 0 N–H and O–H groups in total. The summed E-state index contributed by atoms with van der Waals surface area (Å²) in [5.41, 5.74) is 2.41. The molecule has 1 aliphatic heterocycles. The van der Waals surface area contributed by atoms with Crippen molar-refractivity contribution in [3.63, 3.8) is 0 Å². The van der Waals surface area contributed by atoms with E-state index in [2.05, 4.69) is 5.10 Å². The minimum absolute atomic E-state index is 0.223. The Hall–Kier alpha value is -1.12. The highest BCUT2D eigenvalue weighted by molar-refractivity contribution is 5.78. The van der Waals surface area contributed by atoms with Gasteiger partial charge in [0.15, 0.2) is 0 Å². The van der Waals surface area contributed by atoms with E-state index in [4.69, 9.17) is 0 Å². The number of ketones is 1. The summed E-state index contributed by atoms with van der Waals surface area (Å²) < 4.78 is 2.04. The number of fused-ring (bicyclic) bond motifs is 1. The van der Waals surface area contributed by atoms with Gasteiger partial charge < -0.3 is 0 Å². The number of hydrogen-bond donors (Lipinski definition) is 0. The summed E-state index contributed by atoms with van der Waals surface area (Å²) in [7, 11) is 0. The van der Waals surface area contributed by atoms with Crippen molar-refractivity contribution in [2.24, 2.45) is 0 Å². The number of aromatic nitrogens is 2. The van der Waals surface area contributed by atoms with E-state index in [1.807, 2.05) is 10.9 Å². The molecule has 0 aromatic carbocycles. The molecule has 2 rings (SSSR count). The van der Waals surface area contributed by atoms with Crippen LogP contribution in [0.2, 0.25) is 0 Å². The zero-order valence-corrected chi connectivity index (χ0v) is 7.92. The Morgan fingerprint density at radius 2 is 2.46 bits per heavy atom. The second kappa shape index (κ2) is 3.32. The van der Waals surface area contributed by atoms with Crippen LogP contribution in [0, 0.1) is 0 Å². The van der Waals surface area contributed by atoms with E-state index in [1.165, 1.54) is 18.5 Å². The Balaban J connectivity index is 2.26. The molecule has 1 aliphatic rings. The molecular weight excluding hydrogens is 164 g/mol. The maximum absolute atomic E-state index is 11.0. The van der Waals surface area contributed by atoms with Crippen molar-refractivity contribution in [3.8, 4) is 0 Å². The van der Waals surface area contributed by atoms with Crippen molar-refractivity contribution in [1.82, 2.24) is 9.78 Å². The number of nitrogens with zero attached hydrogens (tertiary/aromatic N) is 2. The Morgan fingerprint density at radius 1 is 1.62 bits per heavy atom. The van der Waals surface area contributed by atoms with Gasteiger partial charge in [0.25, 0.3) is 0 Å². The molecule has 0 fully saturated rings. The predicted octanol–water partition coefficient (Wildman–Crippen LogP) is 1.35. The largest absolute Gasteiger partial charge is 0.300 e. The van der Waals surface area contributed by atoms with Crippen molar-refractivity contribution < 1.29 is 4.79 Å². The number of hydrogen-bond acceptors (Lipinski definition) is 2. The molecule has 2 heterocycles. The van der Waals surface area contributed by atoms with Gasteiger partial charge in [-0.25, -0.2) is 0 Å². The lowest BCUT2D eigenvalue weighted by atomic mass is 10.0. The van der Waals surface area contributed by atoms with Gasteiger partial charge in [0, 0.05) is 24.2 Å². The molecule has 13 heavy (non-hydrogen) atoms. The van der Waals surface area contributed by atoms with E-state index < -0.39 is 0 Å². The van der Waals surface area contributed by atoms with Gasteiger partial charge in [0.1, 0.15) is 5.78 Å². The average Bonchev–Trinajstić information content (AvgIpc) is 2.48. The molecule has 3 heteroatoms. The molecule has 3 nitrogen and oxygen atoms in total. The van der Waals surface area contributed by atoms with Gasteiger partial charge in [-0.05, 0) is 26.2 Å². The maximum atomic E-state index is 11.0. The van der Waals surface area contributed by atoms with Crippen molar-refractivity contribution in [2.45, 2.75) is 39.2 Å². The quantitative estimate of drug-likeness (QED) is 0.685. The third-order valence-electron chi connectivity index (χ3n) is 2.51. The maximum Gasteiger partial charge on any atom is 0.134 e. The summed E-state index contributed by atoms with van der Waals surface area (Å²) in [4.78, 5) is 11.0. The first-order valence-electron chi connectivity index (χ1n) is 4.80. The molecule has 70 valence electrons. The summed E-state index contributed by atoms with van der Waals surface area (Å²) in [6.07, 6.45) is 5.94. The fourth-order valence-corrected chi connectivity index (χ4v) is 1.90. The third-order valence-corrected chi connectivity index (χ3v) is 2.51. The van der Waals surface area contributed by atoms with Gasteiger partial charge >= 0.3 is 0 Å². The number of carbonyl (C=O) groups is 1. The van der Waals surface area contributed by atoms with Gasteiger partial charge in [-0.2, -0.15) is 5.10 Å². The fraction of sp³-hybridized carbons (Fsp3) is 0.600. The zero-order chi connectivity index (χ0) is 9.26. The molecule has 1 aromatic heterocycles. The molecular formula is C10H14N2O. The Kier molecular flexibility index (Phi) is 2.17. The minimum Gasteiger partial charge on any atom is -0.300 e. The monoisotopic (exact) mass is 178 g/mol. The van der Waals surface area contributed by atoms with E-state index in [0.717, 1.165) is 18.5 Å². The molecule has 0 radical (unpaired) electrons. The van der Waals surface area contributed by atoms with Crippen molar-refractivity contribution >= 4 is 5.78 Å². The Morgan fingerprint density at radius 3 is 3.23 bits per heavy atom. The van der Waals surface area contributed by atoms with Crippen LogP contribution in [0.25, 0.3) is 0 Å². The van der Waals surface area contributed by atoms with Crippen LogP contribution in [-0.4, -0.2) is 15.6 Å². The first kappa shape index (κ1) is 8.48. The first-order chi connectivity index (χ1) is 6.27. The van der Waals surface area contributed by atoms with E-state index in [9.17, 15) is 4.79 Å². The number of rotatable bonds is 2. The van der Waals surface area contributed by atoms with Crippen LogP contribution >= 0.6 is 0 Å². The van der Waals surface area contributed by atoms with Crippen molar-refractivity contribution in [2.75, 3.05) is 0 Å². The predicted molar refractivity (Wildman–Crippen MR) is 49.6 cm³/mol. The normalized spacial score (nSPS) is 15.5. The van der Waals surface area contributed by atoms with E-state index in [-0.39, 0.29) is 5.78 Å². The van der Waals surface area contributed by atoms with Crippen LogP contribution in [-0.2, 0) is 24.2 Å². The lowest BCUT2D eigenvalue weighted by molar-refractivity contribution is -0.116. The van der Waals surface area contributed by atoms with Crippen LogP contribution in [0.15, 0.2) is 6.20 Å². The highest BCUT2D eigenvalue weighted by atomic mass is 16.1. The molecule has 0 saturated carbocycles. The number of Topliss-reactive ketones (excluding diaryl/α,β-unsaturated/α-hetero) is 1. The lowest BCUT2D eigenvalue weighted by Crippen LogP contribution is -2.12. The summed E-state index contributed by atoms with van der Waals surface area (Å²) in [5.74, 6) is 0.223. The van der Waals surface area contributed by atoms with E-state index in [1.54, 1.807) is 6.92 Å². The standard InChI is InChI=1S/C10H14N2O/c1-8(13)6-9-7-11-12-5-3-2-4-10(9)12/h7H,2-6H2,1H3. The summed E-state index contributed by atoms with van der Waals surface area (Å²) in [5, 5.41) is 4.27. The van der Waals surface area contributed by atoms with Crippen LogP contribution in [0.4, 0.5) is 0 Å². The molecule has 1 aromatic rings. The van der Waals surface area contributed by atoms with E-state index >= 15 is 0 Å². The number of carbonyl (C=O) groups excluding carboxylic acids is 1. The molecule has 0 atom stereocenters. The molecule has 0 unspecified atom stereocenters. The van der Waals surface area contributed by atoms with Crippen LogP contribution < -0.4 is 0 Å². The summed E-state index contributed by atoms with van der Waals surface area (Å²) >= 11 is 0. The molecule has 0 aliphatic carbocycles. The number of aryl methyl sites for hydroxylation is 1. The van der Waals surface area contributed by atoms with Gasteiger partial charge in [0.05, 0.1) is 6.20 Å². The Labute approximate surface area is 77.7 Å². The van der Waals surface area contributed by atoms with Crippen LogP contribution in [0.1, 0.15) is 31.0 Å². The average molecular weight is 178 g/mol. The van der Waals surface area contributed by atoms with Crippen molar-refractivity contribution in [1.29, 1.82) is 0 Å². The van der Waals surface area contributed by atoms with Gasteiger partial charge in [-0.15, -0.1) is 0 Å². The summed E-state index contributed by atoms with van der Waals surface area (Å²) in [6, 6.07) is 0. The van der Waals surface area contributed by atoms with Crippen LogP contribution in [0.3, 0.4) is 0 Å². The third kappa shape index (κ3) is 1.64. The highest BCUT2D eigenvalue weighted by Gasteiger charge is 2.14. The molecule has 0 spiro atoms. The molecule has 0 bridgehead atoms. The van der Waals surface area contributed by atoms with Gasteiger partial charge in [-0.3, -0.25) is 9.48 Å². The first-order valence-corrected chi connectivity index (χ1v) is 4.80. The lowest BCUT2D eigenvalue weighted by Gasteiger charge is -2.14. The van der Waals surface area contributed by atoms with Crippen molar-refractivity contribution in [3.05, 3.63) is 17.5 Å². The van der Waals surface area contributed by atoms with Gasteiger partial charge in [-0.1, -0.05) is 0 Å². The van der Waals surface area contributed by atoms with Gasteiger partial charge in [0.2, 0.25) is 0 Å². The second-order valence-corrected chi connectivity index (χ2v) is 3.68. The second-order valence-electron chi connectivity index (χ2n) is 3.68. The minimum atomic E-state index is 0.223. The topological polar surface area (TPSA) is 34.9 Å². The van der Waals surface area contributed by atoms with Crippen LogP contribution in [0.5, 0.6) is 0 Å².